The van der Waals surface area contributed by atoms with Crippen LogP contribution in [0.3, 0.4) is 0 Å². The lowest BCUT2D eigenvalue weighted by Gasteiger charge is -2.06. The number of fused-ring (bicyclic) bond motifs is 1. The molecule has 0 aliphatic rings. The van der Waals surface area contributed by atoms with E-state index in [1.165, 1.54) is 20.9 Å². The molecule has 0 saturated carbocycles. The fourth-order valence-corrected chi connectivity index (χ4v) is 2.84. The highest BCUT2D eigenvalue weighted by molar-refractivity contribution is 9.10. The van der Waals surface area contributed by atoms with Crippen LogP contribution in [-0.4, -0.2) is 17.2 Å². The zero-order valence-corrected chi connectivity index (χ0v) is 12.2. The summed E-state index contributed by atoms with van der Waals surface area (Å²) in [5, 5.41) is 4.82. The molecule has 2 nitrogen and oxygen atoms in total. The lowest BCUT2D eigenvalue weighted by Crippen LogP contribution is -2.24. The molecule has 92 valence electrons. The van der Waals surface area contributed by atoms with Crippen LogP contribution in [0.2, 0.25) is 0 Å². The number of nitrogens with zero attached hydrogens (tertiary/aromatic N) is 1. The topological polar surface area (TPSA) is 17.0 Å². The molecule has 2 rings (SSSR count). The Morgan fingerprint density at radius 3 is 2.82 bits per heavy atom. The minimum absolute atomic E-state index is 0.553. The molecule has 0 radical (unpaired) electrons. The molecular weight excluding hydrogens is 276 g/mol. The number of hydrogen-bond acceptors (Lipinski definition) is 1. The molecule has 1 aromatic heterocycles. The van der Waals surface area contributed by atoms with Gasteiger partial charge in [-0.3, -0.25) is 0 Å². The molecule has 0 bridgehead atoms. The molecule has 1 heterocycles. The van der Waals surface area contributed by atoms with Gasteiger partial charge in [-0.2, -0.15) is 0 Å². The number of rotatable bonds is 4. The predicted octanol–water partition coefficient (Wildman–Crippen LogP) is 3.48. The summed E-state index contributed by atoms with van der Waals surface area (Å²) in [5.74, 6) is 0. The standard InChI is InChI=1S/C14H19BrN2/c1-10(2)16-8-7-11-9-17(3)14-12(11)5-4-6-13(14)15/h4-6,9-10,16H,7-8H2,1-3H3. The Kier molecular flexibility index (Phi) is 3.89. The van der Waals surface area contributed by atoms with Crippen molar-refractivity contribution >= 4 is 26.8 Å². The van der Waals surface area contributed by atoms with E-state index in [-0.39, 0.29) is 0 Å². The van der Waals surface area contributed by atoms with Crippen molar-refractivity contribution in [3.63, 3.8) is 0 Å². The summed E-state index contributed by atoms with van der Waals surface area (Å²) in [5.41, 5.74) is 2.70. The Morgan fingerprint density at radius 2 is 2.12 bits per heavy atom. The molecule has 0 unspecified atom stereocenters. The van der Waals surface area contributed by atoms with Gasteiger partial charge >= 0.3 is 0 Å². The van der Waals surface area contributed by atoms with E-state index in [9.17, 15) is 0 Å². The average Bonchev–Trinajstić information content (AvgIpc) is 2.57. The summed E-state index contributed by atoms with van der Waals surface area (Å²) >= 11 is 3.62. The van der Waals surface area contributed by atoms with Gasteiger partial charge in [-0.1, -0.05) is 26.0 Å². The first-order chi connectivity index (χ1) is 8.09. The molecule has 0 spiro atoms. The van der Waals surface area contributed by atoms with Crippen LogP contribution in [-0.2, 0) is 13.5 Å². The van der Waals surface area contributed by atoms with Crippen molar-refractivity contribution in [3.8, 4) is 0 Å². The van der Waals surface area contributed by atoms with E-state index in [2.05, 4.69) is 71.1 Å². The molecule has 0 aliphatic carbocycles. The normalized spacial score (nSPS) is 11.6. The van der Waals surface area contributed by atoms with Crippen molar-refractivity contribution in [1.82, 2.24) is 9.88 Å². The fourth-order valence-electron chi connectivity index (χ4n) is 2.20. The molecule has 0 atom stereocenters. The highest BCUT2D eigenvalue weighted by atomic mass is 79.9. The van der Waals surface area contributed by atoms with Crippen molar-refractivity contribution in [2.75, 3.05) is 6.54 Å². The van der Waals surface area contributed by atoms with Gasteiger partial charge in [0.25, 0.3) is 0 Å². The molecule has 1 N–H and O–H groups in total. The highest BCUT2D eigenvalue weighted by Crippen LogP contribution is 2.27. The Labute approximate surface area is 111 Å². The van der Waals surface area contributed by atoms with Gasteiger partial charge < -0.3 is 9.88 Å². The van der Waals surface area contributed by atoms with Crippen molar-refractivity contribution in [2.45, 2.75) is 26.3 Å². The second-order valence-electron chi connectivity index (χ2n) is 4.76. The molecule has 2 aromatic rings. The SMILES string of the molecule is CC(C)NCCc1cn(C)c2c(Br)cccc12. The van der Waals surface area contributed by atoms with Gasteiger partial charge in [0.05, 0.1) is 5.52 Å². The van der Waals surface area contributed by atoms with E-state index in [1.807, 2.05) is 0 Å². The summed E-state index contributed by atoms with van der Waals surface area (Å²) in [6.07, 6.45) is 3.31. The van der Waals surface area contributed by atoms with Crippen LogP contribution in [0.25, 0.3) is 10.9 Å². The predicted molar refractivity (Wildman–Crippen MR) is 77.5 cm³/mol. The second-order valence-corrected chi connectivity index (χ2v) is 5.61. The van der Waals surface area contributed by atoms with Crippen LogP contribution in [0.15, 0.2) is 28.9 Å². The molecule has 17 heavy (non-hydrogen) atoms. The summed E-state index contributed by atoms with van der Waals surface area (Å²) in [4.78, 5) is 0. The van der Waals surface area contributed by atoms with Gasteiger partial charge in [0, 0.05) is 29.1 Å². The smallest absolute Gasteiger partial charge is 0.0624 e. The number of para-hydroxylation sites is 1. The first kappa shape index (κ1) is 12.7. The van der Waals surface area contributed by atoms with Gasteiger partial charge in [-0.25, -0.2) is 0 Å². The molecular formula is C14H19BrN2. The van der Waals surface area contributed by atoms with Crippen molar-refractivity contribution in [3.05, 3.63) is 34.4 Å². The van der Waals surface area contributed by atoms with Crippen LogP contribution >= 0.6 is 15.9 Å². The number of halogens is 1. The van der Waals surface area contributed by atoms with Gasteiger partial charge in [0.1, 0.15) is 0 Å². The third-order valence-corrected chi connectivity index (χ3v) is 3.62. The summed E-state index contributed by atoms with van der Waals surface area (Å²) < 4.78 is 3.37. The first-order valence-electron chi connectivity index (χ1n) is 6.05. The fraction of sp³-hybridized carbons (Fsp3) is 0.429. The van der Waals surface area contributed by atoms with Crippen molar-refractivity contribution < 1.29 is 0 Å². The Hall–Kier alpha value is -0.800. The largest absolute Gasteiger partial charge is 0.349 e. The van der Waals surface area contributed by atoms with Gasteiger partial charge in [0.2, 0.25) is 0 Å². The summed E-state index contributed by atoms with van der Waals surface area (Å²) in [7, 11) is 2.10. The first-order valence-corrected chi connectivity index (χ1v) is 6.84. The van der Waals surface area contributed by atoms with Gasteiger partial charge in [0.15, 0.2) is 0 Å². The van der Waals surface area contributed by atoms with Crippen LogP contribution < -0.4 is 5.32 Å². The Bertz CT molecular complexity index is 514. The zero-order chi connectivity index (χ0) is 12.4. The lowest BCUT2D eigenvalue weighted by atomic mass is 10.1. The molecule has 3 heteroatoms. The minimum atomic E-state index is 0.553. The van der Waals surface area contributed by atoms with Crippen LogP contribution in [0.1, 0.15) is 19.4 Å². The molecule has 1 aromatic carbocycles. The Balaban J connectivity index is 2.26. The van der Waals surface area contributed by atoms with E-state index < -0.39 is 0 Å². The van der Waals surface area contributed by atoms with E-state index in [1.54, 1.807) is 0 Å². The van der Waals surface area contributed by atoms with Crippen LogP contribution in [0.4, 0.5) is 0 Å². The number of nitrogens with one attached hydrogen (secondary N) is 1. The second kappa shape index (κ2) is 5.23. The van der Waals surface area contributed by atoms with Crippen molar-refractivity contribution in [2.24, 2.45) is 7.05 Å². The van der Waals surface area contributed by atoms with Crippen LogP contribution in [0.5, 0.6) is 0 Å². The van der Waals surface area contributed by atoms with E-state index in [4.69, 9.17) is 0 Å². The van der Waals surface area contributed by atoms with Crippen molar-refractivity contribution in [1.29, 1.82) is 0 Å². The average molecular weight is 295 g/mol. The molecule has 0 fully saturated rings. The maximum atomic E-state index is 3.62. The number of aryl methyl sites for hydroxylation is 1. The number of aromatic nitrogens is 1. The minimum Gasteiger partial charge on any atom is -0.349 e. The molecule has 0 saturated heterocycles. The molecule has 0 amide bonds. The maximum absolute atomic E-state index is 3.62. The van der Waals surface area contributed by atoms with Gasteiger partial charge in [-0.15, -0.1) is 0 Å². The van der Waals surface area contributed by atoms with Crippen LogP contribution in [0, 0.1) is 0 Å². The highest BCUT2D eigenvalue weighted by Gasteiger charge is 2.08. The maximum Gasteiger partial charge on any atom is 0.0624 e. The Morgan fingerprint density at radius 1 is 1.35 bits per heavy atom. The number of benzene rings is 1. The van der Waals surface area contributed by atoms with E-state index in [0.717, 1.165) is 13.0 Å². The zero-order valence-electron chi connectivity index (χ0n) is 10.6. The third-order valence-electron chi connectivity index (χ3n) is 2.98. The number of hydrogen-bond donors (Lipinski definition) is 1. The molecule has 0 aliphatic heterocycles. The summed E-state index contributed by atoms with van der Waals surface area (Å²) in [6.45, 7) is 5.39. The third kappa shape index (κ3) is 2.72. The van der Waals surface area contributed by atoms with Gasteiger partial charge in [-0.05, 0) is 40.5 Å². The summed E-state index contributed by atoms with van der Waals surface area (Å²) in [6, 6.07) is 6.95. The van der Waals surface area contributed by atoms with E-state index >= 15 is 0 Å². The lowest BCUT2D eigenvalue weighted by molar-refractivity contribution is 0.591. The monoisotopic (exact) mass is 294 g/mol. The quantitative estimate of drug-likeness (QED) is 0.913. The van der Waals surface area contributed by atoms with E-state index in [0.29, 0.717) is 6.04 Å².